The van der Waals surface area contributed by atoms with Crippen molar-refractivity contribution in [1.29, 1.82) is 0 Å². The number of azide groups is 1. The molecule has 2 saturated carbocycles. The van der Waals surface area contributed by atoms with Crippen LogP contribution in [0.1, 0.15) is 89.7 Å². The summed E-state index contributed by atoms with van der Waals surface area (Å²) in [5.74, 6) is -0.668. The first kappa shape index (κ1) is 50.0. The van der Waals surface area contributed by atoms with Crippen LogP contribution in [0.3, 0.4) is 0 Å². The van der Waals surface area contributed by atoms with Gasteiger partial charge >= 0.3 is 12.6 Å². The van der Waals surface area contributed by atoms with Crippen LogP contribution in [0.25, 0.3) is 32.2 Å². The molecule has 2 fully saturated rings. The standard InChI is InChI=1S/C26H27F2N5O4.C26H29F2N3O4/c1-24(2,3)22-11-15-10-17(5-6-19(15)33(22)14-18(34)13-30-32-29)31-23(35)25(8-9-25)16-4-7-20-21(12-16)37-26(27,28)36-20;1-24(2,3)22-11-15-10-17(5-6-19(15)31(22)14-18(32)13-29)30-23(33)25(8-9-25)16-4-7-20-21(12-16)35-26(27,28)34-20/h4-7,10-12,18,34H,8-9,13-14H2,1-3H3,(H,31,35);4-7,10-12,18,32H,8-9,13-14,29H2,1-3H3,(H,30,33)/t2*18-/m00/s1. The third-order valence-electron chi connectivity index (χ3n) is 13.5. The molecule has 0 spiro atoms. The highest BCUT2D eigenvalue weighted by atomic mass is 19.3. The molecule has 2 aliphatic carbocycles. The summed E-state index contributed by atoms with van der Waals surface area (Å²) in [7, 11) is 0. The van der Waals surface area contributed by atoms with Gasteiger partial charge in [0.25, 0.3) is 0 Å². The summed E-state index contributed by atoms with van der Waals surface area (Å²) in [6, 6.07) is 24.3. The molecule has 6 aromatic rings. The summed E-state index contributed by atoms with van der Waals surface area (Å²) >= 11 is 0. The van der Waals surface area contributed by atoms with Gasteiger partial charge in [-0.15, -0.1) is 17.6 Å². The van der Waals surface area contributed by atoms with Crippen LogP contribution < -0.4 is 35.3 Å². The number of carbonyl (C=O) groups excluding carboxylic acids is 2. The average Bonchev–Trinajstić information content (AvgIpc) is 4.16. The number of aliphatic hydroxyl groups excluding tert-OH is 2. The molecule has 2 amide bonds. The minimum absolute atomic E-state index is 0.0342. The number of ether oxygens (including phenoxy) is 4. The smallest absolute Gasteiger partial charge is 0.395 e. The molecule has 0 saturated heterocycles. The van der Waals surface area contributed by atoms with Gasteiger partial charge in [0.15, 0.2) is 23.0 Å². The highest BCUT2D eigenvalue weighted by Crippen LogP contribution is 2.54. The zero-order chi connectivity index (χ0) is 51.8. The summed E-state index contributed by atoms with van der Waals surface area (Å²) in [5, 5.41) is 31.8. The summed E-state index contributed by atoms with van der Waals surface area (Å²) in [5.41, 5.74) is 18.5. The Morgan fingerprint density at radius 1 is 0.653 bits per heavy atom. The van der Waals surface area contributed by atoms with E-state index in [4.69, 9.17) is 11.3 Å². The topological polar surface area (TPSA) is 220 Å². The third kappa shape index (κ3) is 9.83. The van der Waals surface area contributed by atoms with Crippen molar-refractivity contribution in [2.45, 2.75) is 127 Å². The predicted molar refractivity (Wildman–Crippen MR) is 261 cm³/mol. The Hall–Kier alpha value is -6.99. The lowest BCUT2D eigenvalue weighted by atomic mass is 9.92. The molecule has 10 rings (SSSR count). The van der Waals surface area contributed by atoms with E-state index in [0.29, 0.717) is 54.7 Å². The molecule has 16 nitrogen and oxygen atoms in total. The average molecular weight is 997 g/mol. The minimum Gasteiger partial charge on any atom is -0.395 e. The van der Waals surface area contributed by atoms with Crippen LogP contribution >= 0.6 is 0 Å². The molecule has 2 aliphatic heterocycles. The van der Waals surface area contributed by atoms with Crippen molar-refractivity contribution in [3.8, 4) is 23.0 Å². The van der Waals surface area contributed by atoms with Crippen molar-refractivity contribution in [3.05, 3.63) is 118 Å². The van der Waals surface area contributed by atoms with Crippen LogP contribution in [0, 0.1) is 0 Å². The Morgan fingerprint density at radius 2 is 1.06 bits per heavy atom. The fourth-order valence-electron chi connectivity index (χ4n) is 9.56. The number of nitrogens with one attached hydrogen (secondary N) is 2. The number of fused-ring (bicyclic) bond motifs is 4. The van der Waals surface area contributed by atoms with Crippen molar-refractivity contribution in [2.75, 3.05) is 23.7 Å². The number of carbonyl (C=O) groups is 2. The van der Waals surface area contributed by atoms with E-state index in [-0.39, 0.29) is 65.3 Å². The molecule has 6 N–H and O–H groups in total. The first-order valence-electron chi connectivity index (χ1n) is 23.6. The normalized spacial score (nSPS) is 18.1. The maximum atomic E-state index is 13.4. The summed E-state index contributed by atoms with van der Waals surface area (Å²) in [4.78, 5) is 29.3. The zero-order valence-corrected chi connectivity index (χ0v) is 40.6. The Labute approximate surface area is 411 Å². The monoisotopic (exact) mass is 996 g/mol. The number of nitrogens with zero attached hydrogens (tertiary/aromatic N) is 5. The van der Waals surface area contributed by atoms with Gasteiger partial charge in [0, 0.05) is 73.4 Å². The number of anilines is 2. The van der Waals surface area contributed by atoms with E-state index in [1.165, 1.54) is 24.3 Å². The highest BCUT2D eigenvalue weighted by Gasteiger charge is 2.54. The fourth-order valence-corrected chi connectivity index (χ4v) is 9.56. The van der Waals surface area contributed by atoms with Gasteiger partial charge in [-0.1, -0.05) is 58.8 Å². The van der Waals surface area contributed by atoms with Gasteiger partial charge in [-0.25, -0.2) is 0 Å². The van der Waals surface area contributed by atoms with Crippen LogP contribution in [-0.2, 0) is 44.3 Å². The molecule has 0 bridgehead atoms. The number of hydrogen-bond acceptors (Lipinski definition) is 10. The second-order valence-electron chi connectivity index (χ2n) is 21.0. The van der Waals surface area contributed by atoms with E-state index < -0.39 is 35.6 Å². The van der Waals surface area contributed by atoms with E-state index in [1.54, 1.807) is 18.2 Å². The van der Waals surface area contributed by atoms with E-state index >= 15 is 0 Å². The highest BCUT2D eigenvalue weighted by molar-refractivity contribution is 6.04. The molecule has 4 heterocycles. The number of hydrogen-bond donors (Lipinski definition) is 5. The molecule has 2 aromatic heterocycles. The Morgan fingerprint density at radius 3 is 1.43 bits per heavy atom. The molecule has 0 unspecified atom stereocenters. The quantitative estimate of drug-likeness (QED) is 0.0321. The van der Waals surface area contributed by atoms with Gasteiger partial charge in [-0.05, 0) is 115 Å². The van der Waals surface area contributed by atoms with Gasteiger partial charge in [0.1, 0.15) is 0 Å². The van der Waals surface area contributed by atoms with Crippen LogP contribution in [0.15, 0.2) is 90.0 Å². The summed E-state index contributed by atoms with van der Waals surface area (Å²) in [6.07, 6.45) is -6.52. The number of rotatable bonds is 13. The minimum atomic E-state index is -3.71. The van der Waals surface area contributed by atoms with Crippen molar-refractivity contribution >= 4 is 45.0 Å². The molecule has 4 aliphatic rings. The van der Waals surface area contributed by atoms with Gasteiger partial charge in [0.2, 0.25) is 11.8 Å². The number of benzene rings is 4. The SMILES string of the molecule is CC(C)(C)c1cc2cc(NC(=O)C3(c4ccc5c(c4)OC(F)(F)O5)CC3)ccc2n1C[C@@H](O)CN.CC(C)(C)c1cc2cc(NC(=O)C3(c4ccc5c(c4)OC(F)(F)O5)CC3)ccc2n1C[C@@H](O)CN=[N+]=[N-]. The number of amides is 2. The third-order valence-corrected chi connectivity index (χ3v) is 13.5. The molecular weight excluding hydrogens is 941 g/mol. The van der Waals surface area contributed by atoms with Crippen LogP contribution in [0.5, 0.6) is 23.0 Å². The van der Waals surface area contributed by atoms with Crippen LogP contribution in [0.4, 0.5) is 28.9 Å². The number of aromatic nitrogens is 2. The van der Waals surface area contributed by atoms with Crippen LogP contribution in [0.2, 0.25) is 0 Å². The molecule has 0 radical (unpaired) electrons. The second-order valence-corrected chi connectivity index (χ2v) is 21.0. The van der Waals surface area contributed by atoms with Crippen LogP contribution in [-0.4, -0.2) is 69.0 Å². The Bertz CT molecular complexity index is 3160. The van der Waals surface area contributed by atoms with Crippen molar-refractivity contribution < 1.29 is 56.3 Å². The maximum absolute atomic E-state index is 13.4. The number of aliphatic hydroxyl groups is 2. The second kappa shape index (κ2) is 17.9. The van der Waals surface area contributed by atoms with Crippen molar-refractivity contribution in [2.24, 2.45) is 10.8 Å². The number of nitrogens with two attached hydrogens (primary N) is 1. The number of halogens is 4. The first-order chi connectivity index (χ1) is 33.8. The molecule has 72 heavy (non-hydrogen) atoms. The maximum Gasteiger partial charge on any atom is 0.586 e. The molecule has 4 aromatic carbocycles. The van der Waals surface area contributed by atoms with E-state index in [2.05, 4.69) is 91.8 Å². The summed E-state index contributed by atoms with van der Waals surface area (Å²) < 4.78 is 75.8. The van der Waals surface area contributed by atoms with Gasteiger partial charge < -0.3 is 54.7 Å². The largest absolute Gasteiger partial charge is 0.586 e. The molecule has 380 valence electrons. The Kier molecular flexibility index (Phi) is 12.5. The Balaban J connectivity index is 0.000000178. The van der Waals surface area contributed by atoms with Gasteiger partial charge in [0.05, 0.1) is 36.1 Å². The molecular formula is C52H56F4N8O8. The van der Waals surface area contributed by atoms with Gasteiger partial charge in [-0.2, -0.15) is 0 Å². The fraction of sp³-hybridized carbons (Fsp3) is 0.423. The lowest BCUT2D eigenvalue weighted by Crippen LogP contribution is -2.28. The molecule has 2 atom stereocenters. The zero-order valence-electron chi connectivity index (χ0n) is 40.6. The van der Waals surface area contributed by atoms with Crippen molar-refractivity contribution in [3.63, 3.8) is 0 Å². The lowest BCUT2D eigenvalue weighted by Gasteiger charge is -2.23. The molecule has 20 heteroatoms. The van der Waals surface area contributed by atoms with E-state index in [0.717, 1.165) is 33.2 Å². The van der Waals surface area contributed by atoms with Gasteiger partial charge in [-0.3, -0.25) is 9.59 Å². The van der Waals surface area contributed by atoms with Crippen molar-refractivity contribution in [1.82, 2.24) is 9.13 Å². The number of alkyl halides is 4. The summed E-state index contributed by atoms with van der Waals surface area (Å²) in [6.45, 7) is 13.3. The first-order valence-corrected chi connectivity index (χ1v) is 23.6. The van der Waals surface area contributed by atoms with E-state index in [1.807, 2.05) is 41.0 Å². The predicted octanol–water partition coefficient (Wildman–Crippen LogP) is 9.85. The lowest BCUT2D eigenvalue weighted by molar-refractivity contribution is -0.287. The van der Waals surface area contributed by atoms with E-state index in [9.17, 15) is 37.4 Å².